The summed E-state index contributed by atoms with van der Waals surface area (Å²) in [5.74, 6) is -0.179. The van der Waals surface area contributed by atoms with Crippen LogP contribution in [0, 0.1) is 6.92 Å². The lowest BCUT2D eigenvalue weighted by Gasteiger charge is -2.09. The Morgan fingerprint density at radius 1 is 1.50 bits per heavy atom. The Labute approximate surface area is 101 Å². The molecular formula is C12H16ClNO2. The first-order valence-corrected chi connectivity index (χ1v) is 5.67. The summed E-state index contributed by atoms with van der Waals surface area (Å²) in [6.45, 7) is 4.77. The average molecular weight is 242 g/mol. The van der Waals surface area contributed by atoms with Crippen LogP contribution in [-0.4, -0.2) is 19.1 Å². The molecule has 16 heavy (non-hydrogen) atoms. The molecule has 1 rings (SSSR count). The van der Waals surface area contributed by atoms with Crippen molar-refractivity contribution < 1.29 is 9.53 Å². The van der Waals surface area contributed by atoms with E-state index in [1.807, 2.05) is 25.1 Å². The highest BCUT2D eigenvalue weighted by atomic mass is 35.5. The molecule has 0 atom stereocenters. The second-order valence-corrected chi connectivity index (χ2v) is 3.88. The largest absolute Gasteiger partial charge is 0.466 e. The monoisotopic (exact) mass is 241 g/mol. The van der Waals surface area contributed by atoms with E-state index in [0.29, 0.717) is 24.6 Å². The maximum absolute atomic E-state index is 11.1. The number of benzene rings is 1. The summed E-state index contributed by atoms with van der Waals surface area (Å²) in [4.78, 5) is 11.1. The molecule has 0 unspecified atom stereocenters. The van der Waals surface area contributed by atoms with Gasteiger partial charge in [0.25, 0.3) is 0 Å². The van der Waals surface area contributed by atoms with Crippen LogP contribution in [0.25, 0.3) is 0 Å². The third-order valence-electron chi connectivity index (χ3n) is 2.14. The molecule has 0 aliphatic carbocycles. The van der Waals surface area contributed by atoms with E-state index in [1.165, 1.54) is 0 Å². The molecule has 0 amide bonds. The van der Waals surface area contributed by atoms with E-state index in [-0.39, 0.29) is 5.97 Å². The second kappa shape index (κ2) is 6.38. The lowest BCUT2D eigenvalue weighted by Crippen LogP contribution is -2.11. The first-order valence-electron chi connectivity index (χ1n) is 5.29. The molecule has 0 spiro atoms. The van der Waals surface area contributed by atoms with Crippen LogP contribution in [-0.2, 0) is 9.53 Å². The van der Waals surface area contributed by atoms with E-state index >= 15 is 0 Å². The van der Waals surface area contributed by atoms with Crippen molar-refractivity contribution in [3.8, 4) is 0 Å². The zero-order chi connectivity index (χ0) is 12.0. The summed E-state index contributed by atoms with van der Waals surface area (Å²) in [6, 6.07) is 5.61. The first kappa shape index (κ1) is 12.8. The van der Waals surface area contributed by atoms with Crippen molar-refractivity contribution in [2.24, 2.45) is 0 Å². The highest BCUT2D eigenvalue weighted by Crippen LogP contribution is 2.19. The molecule has 3 nitrogen and oxygen atoms in total. The number of esters is 1. The van der Waals surface area contributed by atoms with Gasteiger partial charge >= 0.3 is 5.97 Å². The highest BCUT2D eigenvalue weighted by Gasteiger charge is 2.02. The number of halogens is 1. The van der Waals surface area contributed by atoms with Crippen LogP contribution in [0.2, 0.25) is 5.02 Å². The Morgan fingerprint density at radius 2 is 2.25 bits per heavy atom. The van der Waals surface area contributed by atoms with Crippen LogP contribution in [0.4, 0.5) is 5.69 Å². The van der Waals surface area contributed by atoms with Gasteiger partial charge in [0.15, 0.2) is 0 Å². The Kier molecular flexibility index (Phi) is 5.12. The van der Waals surface area contributed by atoms with Gasteiger partial charge in [0, 0.05) is 17.3 Å². The van der Waals surface area contributed by atoms with Crippen molar-refractivity contribution in [2.45, 2.75) is 20.3 Å². The predicted molar refractivity (Wildman–Crippen MR) is 65.9 cm³/mol. The minimum atomic E-state index is -0.179. The van der Waals surface area contributed by atoms with Gasteiger partial charge in [-0.2, -0.15) is 0 Å². The van der Waals surface area contributed by atoms with E-state index in [0.717, 1.165) is 11.3 Å². The molecule has 0 aromatic heterocycles. The summed E-state index contributed by atoms with van der Waals surface area (Å²) in [5.41, 5.74) is 2.06. The first-order chi connectivity index (χ1) is 7.63. The van der Waals surface area contributed by atoms with E-state index in [1.54, 1.807) is 6.92 Å². The van der Waals surface area contributed by atoms with Gasteiger partial charge in [-0.15, -0.1) is 0 Å². The minimum Gasteiger partial charge on any atom is -0.466 e. The molecule has 1 aromatic carbocycles. The fourth-order valence-electron chi connectivity index (χ4n) is 1.36. The fraction of sp³-hybridized carbons (Fsp3) is 0.417. The summed E-state index contributed by atoms with van der Waals surface area (Å²) in [7, 11) is 0. The molecule has 0 saturated heterocycles. The number of nitrogens with one attached hydrogen (secondary N) is 1. The van der Waals surface area contributed by atoms with Gasteiger partial charge in [0.05, 0.1) is 13.0 Å². The molecule has 0 heterocycles. The van der Waals surface area contributed by atoms with Crippen LogP contribution in [0.1, 0.15) is 18.9 Å². The number of rotatable bonds is 5. The number of hydrogen-bond acceptors (Lipinski definition) is 3. The summed E-state index contributed by atoms with van der Waals surface area (Å²) >= 11 is 5.84. The molecule has 0 fully saturated rings. The van der Waals surface area contributed by atoms with Crippen molar-refractivity contribution in [2.75, 3.05) is 18.5 Å². The Bertz CT molecular complexity index is 366. The van der Waals surface area contributed by atoms with Crippen molar-refractivity contribution in [1.82, 2.24) is 0 Å². The quantitative estimate of drug-likeness (QED) is 0.806. The predicted octanol–water partition coefficient (Wildman–Crippen LogP) is 3.01. The second-order valence-electron chi connectivity index (χ2n) is 3.44. The van der Waals surface area contributed by atoms with Crippen LogP contribution in [0.3, 0.4) is 0 Å². The molecule has 0 aliphatic rings. The van der Waals surface area contributed by atoms with E-state index < -0.39 is 0 Å². The van der Waals surface area contributed by atoms with Gasteiger partial charge in [-0.1, -0.05) is 11.6 Å². The van der Waals surface area contributed by atoms with Crippen molar-refractivity contribution >= 4 is 23.3 Å². The Balaban J connectivity index is 2.40. The van der Waals surface area contributed by atoms with E-state index in [2.05, 4.69) is 5.32 Å². The summed E-state index contributed by atoms with van der Waals surface area (Å²) < 4.78 is 4.83. The molecule has 0 bridgehead atoms. The molecule has 1 aromatic rings. The molecular weight excluding hydrogens is 226 g/mol. The van der Waals surface area contributed by atoms with E-state index in [4.69, 9.17) is 16.3 Å². The third kappa shape index (κ3) is 4.11. The zero-order valence-corrected chi connectivity index (χ0v) is 10.3. The topological polar surface area (TPSA) is 38.3 Å². The van der Waals surface area contributed by atoms with E-state index in [9.17, 15) is 4.79 Å². The van der Waals surface area contributed by atoms with Crippen molar-refractivity contribution in [1.29, 1.82) is 0 Å². The number of carbonyl (C=O) groups excluding carboxylic acids is 1. The smallest absolute Gasteiger partial charge is 0.307 e. The zero-order valence-electron chi connectivity index (χ0n) is 9.55. The average Bonchev–Trinajstić information content (AvgIpc) is 2.22. The lowest BCUT2D eigenvalue weighted by atomic mass is 10.2. The third-order valence-corrected chi connectivity index (χ3v) is 2.37. The van der Waals surface area contributed by atoms with Gasteiger partial charge in [0.2, 0.25) is 0 Å². The summed E-state index contributed by atoms with van der Waals surface area (Å²) in [6.07, 6.45) is 0.371. The number of anilines is 1. The summed E-state index contributed by atoms with van der Waals surface area (Å²) in [5, 5.41) is 3.89. The van der Waals surface area contributed by atoms with Gasteiger partial charge in [-0.3, -0.25) is 4.79 Å². The molecule has 0 saturated carbocycles. The van der Waals surface area contributed by atoms with Crippen LogP contribution >= 0.6 is 11.6 Å². The van der Waals surface area contributed by atoms with Gasteiger partial charge in [-0.25, -0.2) is 0 Å². The van der Waals surface area contributed by atoms with Crippen LogP contribution in [0.5, 0.6) is 0 Å². The van der Waals surface area contributed by atoms with Crippen LogP contribution < -0.4 is 5.32 Å². The number of aryl methyl sites for hydroxylation is 1. The maximum atomic E-state index is 11.1. The Hall–Kier alpha value is -1.22. The molecule has 0 aliphatic heterocycles. The fourth-order valence-corrected chi connectivity index (χ4v) is 1.58. The SMILES string of the molecule is CCOC(=O)CCNc1ccc(Cl)cc1C. The van der Waals surface area contributed by atoms with Crippen molar-refractivity contribution in [3.05, 3.63) is 28.8 Å². The molecule has 4 heteroatoms. The molecule has 0 radical (unpaired) electrons. The normalized spacial score (nSPS) is 9.94. The molecule has 88 valence electrons. The standard InChI is InChI=1S/C12H16ClNO2/c1-3-16-12(15)6-7-14-11-5-4-10(13)8-9(11)2/h4-5,8,14H,3,6-7H2,1-2H3. The number of carbonyl (C=O) groups is 1. The number of ether oxygens (including phenoxy) is 1. The van der Waals surface area contributed by atoms with Gasteiger partial charge in [0.1, 0.15) is 0 Å². The lowest BCUT2D eigenvalue weighted by molar-refractivity contribution is -0.142. The van der Waals surface area contributed by atoms with Crippen molar-refractivity contribution in [3.63, 3.8) is 0 Å². The Morgan fingerprint density at radius 3 is 2.88 bits per heavy atom. The van der Waals surface area contributed by atoms with Gasteiger partial charge in [-0.05, 0) is 37.6 Å². The number of hydrogen-bond donors (Lipinski definition) is 1. The minimum absolute atomic E-state index is 0.179. The van der Waals surface area contributed by atoms with Crippen LogP contribution in [0.15, 0.2) is 18.2 Å². The molecule has 1 N–H and O–H groups in total. The van der Waals surface area contributed by atoms with Gasteiger partial charge < -0.3 is 10.1 Å². The highest BCUT2D eigenvalue weighted by molar-refractivity contribution is 6.30. The maximum Gasteiger partial charge on any atom is 0.307 e.